The predicted octanol–water partition coefficient (Wildman–Crippen LogP) is 3.17. The van der Waals surface area contributed by atoms with Gasteiger partial charge in [-0.25, -0.2) is 0 Å². The second-order valence-electron chi connectivity index (χ2n) is 6.17. The Hall–Kier alpha value is -1.71. The number of para-hydroxylation sites is 1. The largest absolute Gasteiger partial charge is 0.491 e. The number of amides is 1. The Kier molecular flexibility index (Phi) is 4.76. The van der Waals surface area contributed by atoms with Crippen molar-refractivity contribution in [1.82, 2.24) is 4.90 Å². The van der Waals surface area contributed by atoms with Crippen molar-refractivity contribution in [3.8, 4) is 5.75 Å². The average Bonchev–Trinajstić information content (AvgIpc) is 2.44. The number of hydrogen-bond donors (Lipinski definition) is 1. The van der Waals surface area contributed by atoms with Crippen molar-refractivity contribution >= 4 is 11.6 Å². The molecule has 1 saturated heterocycles. The summed E-state index contributed by atoms with van der Waals surface area (Å²) in [4.78, 5) is 14.9. The Bertz CT molecular complexity index is 516. The molecule has 1 heterocycles. The molecule has 0 radical (unpaired) electrons. The van der Waals surface area contributed by atoms with Crippen molar-refractivity contribution in [3.63, 3.8) is 0 Å². The normalized spacial score (nSPS) is 25.7. The quantitative estimate of drug-likeness (QED) is 0.870. The number of piperidine rings is 1. The minimum absolute atomic E-state index is 0.0247. The number of carbonyl (C=O) groups is 1. The number of nitrogens with zero attached hydrogens (tertiary/aromatic N) is 1. The monoisotopic (exact) mass is 290 g/mol. The topological polar surface area (TPSA) is 55.6 Å². The molecule has 0 spiro atoms. The first-order valence-corrected chi connectivity index (χ1v) is 7.77. The van der Waals surface area contributed by atoms with Gasteiger partial charge < -0.3 is 15.4 Å². The zero-order chi connectivity index (χ0) is 15.6. The third-order valence-electron chi connectivity index (χ3n) is 4.42. The second-order valence-corrected chi connectivity index (χ2v) is 6.17. The third kappa shape index (κ3) is 3.14. The highest BCUT2D eigenvalue weighted by Crippen LogP contribution is 2.32. The molecule has 2 N–H and O–H groups in total. The van der Waals surface area contributed by atoms with Crippen LogP contribution in [0.4, 0.5) is 5.69 Å². The van der Waals surface area contributed by atoms with Gasteiger partial charge in [0, 0.05) is 12.6 Å². The molecule has 1 amide bonds. The molecular weight excluding hydrogens is 264 g/mol. The number of anilines is 1. The molecule has 2 rings (SSSR count). The molecule has 1 fully saturated rings. The summed E-state index contributed by atoms with van der Waals surface area (Å²) in [6.45, 7) is 9.73. The molecule has 1 aliphatic heterocycles. The van der Waals surface area contributed by atoms with Crippen LogP contribution in [0.1, 0.15) is 44.5 Å². The molecule has 1 aromatic rings. The van der Waals surface area contributed by atoms with Crippen molar-refractivity contribution < 1.29 is 9.53 Å². The second kappa shape index (κ2) is 6.37. The van der Waals surface area contributed by atoms with Crippen LogP contribution in [0, 0.1) is 11.8 Å². The van der Waals surface area contributed by atoms with E-state index in [1.807, 2.05) is 17.9 Å². The standard InChI is InChI=1S/C17H26N2O2/c1-5-21-16-14(7-6-8-15(16)18)17(20)19-10-11(2)9-12(3)13(19)4/h6-8,11-13H,5,9-10,18H2,1-4H3. The van der Waals surface area contributed by atoms with Crippen molar-refractivity contribution in [1.29, 1.82) is 0 Å². The van der Waals surface area contributed by atoms with Crippen LogP contribution in [0.2, 0.25) is 0 Å². The first-order chi connectivity index (χ1) is 9.95. The molecule has 1 aromatic carbocycles. The smallest absolute Gasteiger partial charge is 0.257 e. The molecule has 0 saturated carbocycles. The number of ether oxygens (including phenoxy) is 1. The van der Waals surface area contributed by atoms with Crippen LogP contribution in [0.25, 0.3) is 0 Å². The van der Waals surface area contributed by atoms with Gasteiger partial charge in [-0.2, -0.15) is 0 Å². The molecule has 116 valence electrons. The van der Waals surface area contributed by atoms with E-state index in [1.54, 1.807) is 12.1 Å². The Morgan fingerprint density at radius 2 is 2.10 bits per heavy atom. The highest BCUT2D eigenvalue weighted by Gasteiger charge is 2.33. The highest BCUT2D eigenvalue weighted by atomic mass is 16.5. The molecule has 1 aliphatic rings. The first-order valence-electron chi connectivity index (χ1n) is 7.77. The van der Waals surface area contributed by atoms with Crippen molar-refractivity contribution in [3.05, 3.63) is 23.8 Å². The van der Waals surface area contributed by atoms with Crippen LogP contribution in [0.3, 0.4) is 0 Å². The van der Waals surface area contributed by atoms with Crippen LogP contribution in [0.5, 0.6) is 5.75 Å². The van der Waals surface area contributed by atoms with Crippen LogP contribution in [-0.2, 0) is 0 Å². The lowest BCUT2D eigenvalue weighted by Gasteiger charge is -2.41. The van der Waals surface area contributed by atoms with Gasteiger partial charge in [-0.15, -0.1) is 0 Å². The number of nitrogen functional groups attached to an aromatic ring is 1. The summed E-state index contributed by atoms with van der Waals surface area (Å²) in [6, 6.07) is 5.63. The lowest BCUT2D eigenvalue weighted by atomic mass is 9.85. The van der Waals surface area contributed by atoms with Gasteiger partial charge in [0.1, 0.15) is 0 Å². The zero-order valence-corrected chi connectivity index (χ0v) is 13.4. The highest BCUT2D eigenvalue weighted by molar-refractivity contribution is 5.98. The van der Waals surface area contributed by atoms with Crippen LogP contribution < -0.4 is 10.5 Å². The lowest BCUT2D eigenvalue weighted by molar-refractivity contribution is 0.0452. The molecule has 4 heteroatoms. The molecule has 3 unspecified atom stereocenters. The molecule has 3 atom stereocenters. The van der Waals surface area contributed by atoms with E-state index >= 15 is 0 Å². The van der Waals surface area contributed by atoms with E-state index in [2.05, 4.69) is 20.8 Å². The Morgan fingerprint density at radius 3 is 2.76 bits per heavy atom. The number of carbonyl (C=O) groups excluding carboxylic acids is 1. The SMILES string of the molecule is CCOc1c(N)cccc1C(=O)N1CC(C)CC(C)C1C. The fourth-order valence-corrected chi connectivity index (χ4v) is 3.17. The summed E-state index contributed by atoms with van der Waals surface area (Å²) in [7, 11) is 0. The van der Waals surface area contributed by atoms with Crippen LogP contribution >= 0.6 is 0 Å². The molecule has 21 heavy (non-hydrogen) atoms. The number of benzene rings is 1. The maximum Gasteiger partial charge on any atom is 0.257 e. The number of rotatable bonds is 3. The van der Waals surface area contributed by atoms with Gasteiger partial charge >= 0.3 is 0 Å². The molecule has 0 aromatic heterocycles. The van der Waals surface area contributed by atoms with Gasteiger partial charge in [-0.05, 0) is 44.2 Å². The van der Waals surface area contributed by atoms with E-state index in [1.165, 1.54) is 6.42 Å². The van der Waals surface area contributed by atoms with E-state index in [9.17, 15) is 4.79 Å². The maximum atomic E-state index is 12.9. The van der Waals surface area contributed by atoms with Gasteiger partial charge in [0.15, 0.2) is 5.75 Å². The fourth-order valence-electron chi connectivity index (χ4n) is 3.17. The first kappa shape index (κ1) is 15.7. The summed E-state index contributed by atoms with van der Waals surface area (Å²) in [6.07, 6.45) is 1.17. The Balaban J connectivity index is 2.33. The van der Waals surface area contributed by atoms with E-state index < -0.39 is 0 Å². The Labute approximate surface area is 127 Å². The molecular formula is C17H26N2O2. The van der Waals surface area contributed by atoms with Gasteiger partial charge in [-0.3, -0.25) is 4.79 Å². The summed E-state index contributed by atoms with van der Waals surface area (Å²) < 4.78 is 5.60. The van der Waals surface area contributed by atoms with Crippen molar-refractivity contribution in [2.24, 2.45) is 11.8 Å². The predicted molar refractivity (Wildman–Crippen MR) is 85.5 cm³/mol. The molecule has 4 nitrogen and oxygen atoms in total. The third-order valence-corrected chi connectivity index (χ3v) is 4.42. The Morgan fingerprint density at radius 1 is 1.38 bits per heavy atom. The fraction of sp³-hybridized carbons (Fsp3) is 0.588. The van der Waals surface area contributed by atoms with Crippen molar-refractivity contribution in [2.45, 2.75) is 40.2 Å². The van der Waals surface area contributed by atoms with Gasteiger partial charge in [-0.1, -0.05) is 19.9 Å². The summed E-state index contributed by atoms with van der Waals surface area (Å²) in [5.74, 6) is 1.57. The average molecular weight is 290 g/mol. The summed E-state index contributed by atoms with van der Waals surface area (Å²) >= 11 is 0. The van der Waals surface area contributed by atoms with Gasteiger partial charge in [0.25, 0.3) is 5.91 Å². The number of nitrogens with two attached hydrogens (primary N) is 1. The van der Waals surface area contributed by atoms with Gasteiger partial charge in [0.2, 0.25) is 0 Å². The molecule has 0 aliphatic carbocycles. The number of hydrogen-bond acceptors (Lipinski definition) is 3. The minimum Gasteiger partial charge on any atom is -0.491 e. The van der Waals surface area contributed by atoms with Crippen LogP contribution in [0.15, 0.2) is 18.2 Å². The minimum atomic E-state index is 0.0247. The lowest BCUT2D eigenvalue weighted by Crippen LogP contribution is -2.48. The summed E-state index contributed by atoms with van der Waals surface area (Å²) in [5, 5.41) is 0. The zero-order valence-electron chi connectivity index (χ0n) is 13.4. The van der Waals surface area contributed by atoms with E-state index in [0.29, 0.717) is 35.4 Å². The summed E-state index contributed by atoms with van der Waals surface area (Å²) in [5.41, 5.74) is 7.06. The van der Waals surface area contributed by atoms with Crippen molar-refractivity contribution in [2.75, 3.05) is 18.9 Å². The number of likely N-dealkylation sites (tertiary alicyclic amines) is 1. The van der Waals surface area contributed by atoms with Gasteiger partial charge in [0.05, 0.1) is 17.9 Å². The molecule has 0 bridgehead atoms. The van der Waals surface area contributed by atoms with E-state index in [-0.39, 0.29) is 11.9 Å². The maximum absolute atomic E-state index is 12.9. The van der Waals surface area contributed by atoms with E-state index in [4.69, 9.17) is 10.5 Å². The van der Waals surface area contributed by atoms with Crippen LogP contribution in [-0.4, -0.2) is 30.0 Å². The van der Waals surface area contributed by atoms with E-state index in [0.717, 1.165) is 6.54 Å².